The first-order valence-corrected chi connectivity index (χ1v) is 3.82. The Labute approximate surface area is 68.8 Å². The molecule has 0 saturated heterocycles. The van der Waals surface area contributed by atoms with Crippen molar-refractivity contribution in [2.24, 2.45) is 0 Å². The van der Waals surface area contributed by atoms with E-state index in [2.05, 4.69) is 9.47 Å². The van der Waals surface area contributed by atoms with Crippen LogP contribution in [0, 0.1) is 6.92 Å². The standard InChI is InChI=1S/C8H11O2P/c1-7-4-2-3-5-8(7)9-6-10-11/h2-5H,6,11H2,1H3. The molecule has 0 radical (unpaired) electrons. The predicted octanol–water partition coefficient (Wildman–Crippen LogP) is 2.14. The van der Waals surface area contributed by atoms with Gasteiger partial charge in [0.05, 0.1) is 0 Å². The molecule has 0 amide bonds. The number of hydrogen-bond acceptors (Lipinski definition) is 2. The van der Waals surface area contributed by atoms with E-state index in [1.165, 1.54) is 0 Å². The molecule has 11 heavy (non-hydrogen) atoms. The second kappa shape index (κ2) is 4.32. The van der Waals surface area contributed by atoms with Crippen molar-refractivity contribution in [3.05, 3.63) is 29.8 Å². The summed E-state index contributed by atoms with van der Waals surface area (Å²) in [6, 6.07) is 7.83. The molecular weight excluding hydrogens is 159 g/mol. The van der Waals surface area contributed by atoms with Gasteiger partial charge in [0.1, 0.15) is 5.75 Å². The largest absolute Gasteiger partial charge is 0.467 e. The third-order valence-electron chi connectivity index (χ3n) is 1.38. The van der Waals surface area contributed by atoms with Crippen LogP contribution in [0.25, 0.3) is 0 Å². The first-order valence-electron chi connectivity index (χ1n) is 3.34. The second-order valence-electron chi connectivity index (χ2n) is 2.19. The molecule has 0 saturated carbocycles. The molecule has 2 nitrogen and oxygen atoms in total. The van der Waals surface area contributed by atoms with Gasteiger partial charge in [0, 0.05) is 9.47 Å². The Hall–Kier alpha value is -0.590. The molecule has 0 spiro atoms. The summed E-state index contributed by atoms with van der Waals surface area (Å²) >= 11 is 0. The van der Waals surface area contributed by atoms with E-state index in [0.717, 1.165) is 11.3 Å². The van der Waals surface area contributed by atoms with Gasteiger partial charge in [0.2, 0.25) is 0 Å². The smallest absolute Gasteiger partial charge is 0.191 e. The van der Waals surface area contributed by atoms with Crippen LogP contribution in [0.15, 0.2) is 24.3 Å². The van der Waals surface area contributed by atoms with E-state index >= 15 is 0 Å². The number of ether oxygens (including phenoxy) is 1. The van der Waals surface area contributed by atoms with Crippen molar-refractivity contribution < 1.29 is 9.26 Å². The second-order valence-corrected chi connectivity index (χ2v) is 2.53. The lowest BCUT2D eigenvalue weighted by Crippen LogP contribution is -1.96. The molecule has 0 bridgehead atoms. The highest BCUT2D eigenvalue weighted by Gasteiger charge is 1.94. The molecule has 0 aliphatic rings. The molecule has 1 rings (SSSR count). The fourth-order valence-electron chi connectivity index (χ4n) is 0.816. The zero-order chi connectivity index (χ0) is 8.10. The third-order valence-corrected chi connectivity index (χ3v) is 1.51. The molecule has 0 aliphatic carbocycles. The molecule has 0 aliphatic heterocycles. The molecule has 0 fully saturated rings. The summed E-state index contributed by atoms with van der Waals surface area (Å²) in [4.78, 5) is 0. The summed E-state index contributed by atoms with van der Waals surface area (Å²) in [5.74, 6) is 0.870. The van der Waals surface area contributed by atoms with Crippen LogP contribution in [0.1, 0.15) is 5.56 Å². The van der Waals surface area contributed by atoms with Crippen LogP contribution in [0.3, 0.4) is 0 Å². The molecule has 1 aromatic carbocycles. The van der Waals surface area contributed by atoms with Crippen molar-refractivity contribution >= 4 is 9.47 Å². The number of aryl methyl sites for hydroxylation is 1. The Balaban J connectivity index is 2.62. The van der Waals surface area contributed by atoms with Gasteiger partial charge in [-0.25, -0.2) is 0 Å². The Morgan fingerprint density at radius 2 is 2.09 bits per heavy atom. The highest BCUT2D eigenvalue weighted by atomic mass is 31.0. The lowest BCUT2D eigenvalue weighted by molar-refractivity contribution is 0.140. The van der Waals surface area contributed by atoms with Gasteiger partial charge in [-0.15, -0.1) is 0 Å². The van der Waals surface area contributed by atoms with E-state index in [-0.39, 0.29) is 6.79 Å². The summed E-state index contributed by atoms with van der Waals surface area (Å²) in [5, 5.41) is 0. The molecule has 3 heteroatoms. The Kier molecular flexibility index (Phi) is 3.34. The van der Waals surface area contributed by atoms with Crippen LogP contribution >= 0.6 is 9.47 Å². The molecule has 1 unspecified atom stereocenters. The fraction of sp³-hybridized carbons (Fsp3) is 0.250. The van der Waals surface area contributed by atoms with Crippen LogP contribution in [0.5, 0.6) is 5.75 Å². The minimum Gasteiger partial charge on any atom is -0.467 e. The molecule has 0 aromatic heterocycles. The van der Waals surface area contributed by atoms with Gasteiger partial charge in [-0.2, -0.15) is 0 Å². The third kappa shape index (κ3) is 2.49. The van der Waals surface area contributed by atoms with E-state index < -0.39 is 0 Å². The normalized spacial score (nSPS) is 9.64. The van der Waals surface area contributed by atoms with Gasteiger partial charge in [-0.1, -0.05) is 18.2 Å². The molecule has 60 valence electrons. The average Bonchev–Trinajstić information content (AvgIpc) is 2.03. The van der Waals surface area contributed by atoms with Crippen LogP contribution in [-0.2, 0) is 4.52 Å². The number of benzene rings is 1. The molecule has 0 N–H and O–H groups in total. The average molecular weight is 170 g/mol. The quantitative estimate of drug-likeness (QED) is 0.511. The number of hydrogen-bond donors (Lipinski definition) is 0. The highest BCUT2D eigenvalue weighted by molar-refractivity contribution is 7.09. The first-order chi connectivity index (χ1) is 5.34. The lowest BCUT2D eigenvalue weighted by atomic mass is 10.2. The summed E-state index contributed by atoms with van der Waals surface area (Å²) in [6.45, 7) is 2.27. The van der Waals surface area contributed by atoms with Crippen LogP contribution in [0.4, 0.5) is 0 Å². The van der Waals surface area contributed by atoms with Crippen LogP contribution in [0.2, 0.25) is 0 Å². The molecule has 0 heterocycles. The number of rotatable bonds is 3. The van der Waals surface area contributed by atoms with E-state index in [4.69, 9.17) is 9.26 Å². The lowest BCUT2D eigenvalue weighted by Gasteiger charge is -2.05. The van der Waals surface area contributed by atoms with E-state index in [1.54, 1.807) is 0 Å². The van der Waals surface area contributed by atoms with Gasteiger partial charge in [-0.05, 0) is 18.6 Å². The van der Waals surface area contributed by atoms with Crippen molar-refractivity contribution in [1.82, 2.24) is 0 Å². The fourth-order valence-corrected chi connectivity index (χ4v) is 0.884. The molecule has 1 atom stereocenters. The Bertz CT molecular complexity index is 225. The topological polar surface area (TPSA) is 18.5 Å². The van der Waals surface area contributed by atoms with Crippen LogP contribution in [-0.4, -0.2) is 6.79 Å². The Morgan fingerprint density at radius 3 is 2.73 bits per heavy atom. The van der Waals surface area contributed by atoms with Gasteiger partial charge in [0.25, 0.3) is 0 Å². The van der Waals surface area contributed by atoms with E-state index in [0.29, 0.717) is 0 Å². The summed E-state index contributed by atoms with van der Waals surface area (Å²) in [5.41, 5.74) is 1.12. The highest BCUT2D eigenvalue weighted by Crippen LogP contribution is 2.15. The predicted molar refractivity (Wildman–Crippen MR) is 47.5 cm³/mol. The zero-order valence-corrected chi connectivity index (χ0v) is 7.57. The van der Waals surface area contributed by atoms with Gasteiger partial charge in [-0.3, -0.25) is 0 Å². The maximum Gasteiger partial charge on any atom is 0.191 e. The van der Waals surface area contributed by atoms with E-state index in [1.807, 2.05) is 31.2 Å². The van der Waals surface area contributed by atoms with Crippen molar-refractivity contribution in [2.45, 2.75) is 6.92 Å². The van der Waals surface area contributed by atoms with Gasteiger partial charge in [0.15, 0.2) is 6.79 Å². The minimum atomic E-state index is 0.273. The molecular formula is C8H11O2P. The van der Waals surface area contributed by atoms with Gasteiger partial charge < -0.3 is 9.26 Å². The van der Waals surface area contributed by atoms with Crippen molar-refractivity contribution in [3.8, 4) is 5.75 Å². The van der Waals surface area contributed by atoms with Crippen LogP contribution < -0.4 is 4.74 Å². The van der Waals surface area contributed by atoms with Crippen molar-refractivity contribution in [3.63, 3.8) is 0 Å². The monoisotopic (exact) mass is 170 g/mol. The zero-order valence-electron chi connectivity index (χ0n) is 6.41. The van der Waals surface area contributed by atoms with Crippen molar-refractivity contribution in [1.29, 1.82) is 0 Å². The van der Waals surface area contributed by atoms with Crippen molar-refractivity contribution in [2.75, 3.05) is 6.79 Å². The molecule has 1 aromatic rings. The first kappa shape index (κ1) is 8.51. The number of para-hydroxylation sites is 1. The minimum absolute atomic E-state index is 0.273. The summed E-state index contributed by atoms with van der Waals surface area (Å²) in [7, 11) is 2.14. The Morgan fingerprint density at radius 1 is 1.36 bits per heavy atom. The van der Waals surface area contributed by atoms with Gasteiger partial charge >= 0.3 is 0 Å². The van der Waals surface area contributed by atoms with E-state index in [9.17, 15) is 0 Å². The maximum absolute atomic E-state index is 5.24. The summed E-state index contributed by atoms with van der Waals surface area (Å²) in [6.07, 6.45) is 0. The maximum atomic E-state index is 5.24. The summed E-state index contributed by atoms with van der Waals surface area (Å²) < 4.78 is 9.94. The SMILES string of the molecule is Cc1ccccc1OCOP.